The lowest BCUT2D eigenvalue weighted by molar-refractivity contribution is 0.483. The van der Waals surface area contributed by atoms with Crippen LogP contribution >= 0.6 is 0 Å². The lowest BCUT2D eigenvalue weighted by Gasteiger charge is -2.15. The molecule has 5 aromatic rings. The summed E-state index contributed by atoms with van der Waals surface area (Å²) in [5, 5.41) is 0. The number of nitrogens with two attached hydrogens (primary N) is 1. The second-order valence-corrected chi connectivity index (χ2v) is 11.3. The fraction of sp³-hybridized carbons (Fsp3) is 0. The molecule has 192 valence electrons. The summed E-state index contributed by atoms with van der Waals surface area (Å²) in [7, 11) is -9.02. The summed E-state index contributed by atoms with van der Waals surface area (Å²) in [4.78, 5) is 7.94. The molecule has 38 heavy (non-hydrogen) atoms. The van der Waals surface area contributed by atoms with Crippen molar-refractivity contribution >= 4 is 42.7 Å². The van der Waals surface area contributed by atoms with Crippen LogP contribution in [-0.4, -0.2) is 31.4 Å². The molecule has 0 bridgehead atoms. The summed E-state index contributed by atoms with van der Waals surface area (Å²) in [6.45, 7) is 0. The van der Waals surface area contributed by atoms with E-state index in [0.717, 1.165) is 6.07 Å². The first kappa shape index (κ1) is 25.3. The van der Waals surface area contributed by atoms with Crippen molar-refractivity contribution in [2.75, 3.05) is 10.5 Å². The van der Waals surface area contributed by atoms with Gasteiger partial charge in [0.1, 0.15) is 16.1 Å². The Morgan fingerprint density at radius 2 is 1.42 bits per heavy atom. The highest BCUT2D eigenvalue weighted by Gasteiger charge is 2.25. The number of rotatable bonds is 6. The van der Waals surface area contributed by atoms with E-state index in [0.29, 0.717) is 11.3 Å². The van der Waals surface area contributed by atoms with Gasteiger partial charge in [0.05, 0.1) is 10.4 Å². The molecular weight excluding hydrogens is 531 g/mol. The number of hydrogen-bond acceptors (Lipinski definition) is 7. The molecule has 0 radical (unpaired) electrons. The summed E-state index contributed by atoms with van der Waals surface area (Å²) in [6.07, 6.45) is 0. The van der Waals surface area contributed by atoms with E-state index in [-0.39, 0.29) is 38.6 Å². The van der Waals surface area contributed by atoms with Crippen LogP contribution in [0, 0.1) is 5.82 Å². The number of nitrogens with one attached hydrogen (secondary N) is 1. The van der Waals surface area contributed by atoms with Gasteiger partial charge < -0.3 is 5.73 Å². The Bertz CT molecular complexity index is 1900. The van der Waals surface area contributed by atoms with Gasteiger partial charge in [-0.3, -0.25) is 9.27 Å². The minimum absolute atomic E-state index is 0.0188. The monoisotopic (exact) mass is 550 g/mol. The number of aromatic nitrogens is 2. The predicted octanol–water partition coefficient (Wildman–Crippen LogP) is 4.73. The van der Waals surface area contributed by atoms with Crippen LogP contribution in [0.5, 0.6) is 0 Å². The van der Waals surface area contributed by atoms with Gasteiger partial charge in [-0.25, -0.2) is 22.8 Å². The standard InChI is InChI=1S/C26H19FN4O5S2/c27-23-19(16-6-2-1-3-7-16)14-15-21-25(23)30-24(20-8-4-5-9-22(20)38(34,35)36)26(29-21)31-37(32,33)18-12-10-17(28)11-13-18/h1-15H,28H2,(H,29,31)(H,34,35,36). The number of nitrogens with zero attached hydrogens (tertiary/aromatic N) is 2. The first-order chi connectivity index (χ1) is 18.0. The Labute approximate surface area is 217 Å². The molecule has 0 amide bonds. The zero-order valence-electron chi connectivity index (χ0n) is 19.4. The quantitative estimate of drug-likeness (QED) is 0.203. The van der Waals surface area contributed by atoms with Gasteiger partial charge in [-0.2, -0.15) is 8.42 Å². The summed E-state index contributed by atoms with van der Waals surface area (Å²) in [5.41, 5.74) is 6.12. The van der Waals surface area contributed by atoms with E-state index in [4.69, 9.17) is 5.73 Å². The fourth-order valence-electron chi connectivity index (χ4n) is 3.91. The van der Waals surface area contributed by atoms with Crippen LogP contribution in [0.25, 0.3) is 33.4 Å². The van der Waals surface area contributed by atoms with Crippen molar-refractivity contribution in [3.05, 3.63) is 96.8 Å². The zero-order chi connectivity index (χ0) is 27.1. The van der Waals surface area contributed by atoms with Gasteiger partial charge in [-0.1, -0.05) is 48.5 Å². The molecular formula is C26H19FN4O5S2. The van der Waals surface area contributed by atoms with E-state index in [9.17, 15) is 21.4 Å². The molecule has 0 fully saturated rings. The molecule has 4 N–H and O–H groups in total. The molecule has 4 aromatic carbocycles. The molecule has 9 nitrogen and oxygen atoms in total. The number of fused-ring (bicyclic) bond motifs is 1. The molecule has 1 heterocycles. The number of sulfonamides is 1. The van der Waals surface area contributed by atoms with Gasteiger partial charge in [0.2, 0.25) is 0 Å². The largest absolute Gasteiger partial charge is 0.399 e. The predicted molar refractivity (Wildman–Crippen MR) is 142 cm³/mol. The van der Waals surface area contributed by atoms with Crippen molar-refractivity contribution in [1.82, 2.24) is 9.97 Å². The first-order valence-corrected chi connectivity index (χ1v) is 14.0. The van der Waals surface area contributed by atoms with Crippen molar-refractivity contribution in [2.24, 2.45) is 0 Å². The minimum atomic E-state index is -4.77. The van der Waals surface area contributed by atoms with Crippen molar-refractivity contribution in [3.8, 4) is 22.4 Å². The minimum Gasteiger partial charge on any atom is -0.399 e. The van der Waals surface area contributed by atoms with Crippen molar-refractivity contribution in [3.63, 3.8) is 0 Å². The third-order valence-corrected chi connectivity index (χ3v) is 7.97. The topological polar surface area (TPSA) is 152 Å². The summed E-state index contributed by atoms with van der Waals surface area (Å²) >= 11 is 0. The highest BCUT2D eigenvalue weighted by Crippen LogP contribution is 2.35. The molecule has 5 rings (SSSR count). The average molecular weight is 551 g/mol. The maximum absolute atomic E-state index is 15.7. The second kappa shape index (κ2) is 9.49. The molecule has 1 aromatic heterocycles. The number of hydrogen-bond donors (Lipinski definition) is 3. The third kappa shape index (κ3) is 4.79. The normalized spacial score (nSPS) is 11.9. The van der Waals surface area contributed by atoms with Crippen LogP contribution in [0.4, 0.5) is 15.9 Å². The van der Waals surface area contributed by atoms with Crippen LogP contribution in [0.1, 0.15) is 0 Å². The van der Waals surface area contributed by atoms with Crippen LogP contribution in [0.15, 0.2) is 101 Å². The molecule has 0 aliphatic rings. The molecule has 0 saturated carbocycles. The summed E-state index contributed by atoms with van der Waals surface area (Å²) in [5.74, 6) is -1.10. The van der Waals surface area contributed by atoms with Crippen LogP contribution in [-0.2, 0) is 20.1 Å². The Hall–Kier alpha value is -4.39. The molecule has 12 heteroatoms. The maximum atomic E-state index is 15.7. The van der Waals surface area contributed by atoms with Gasteiger partial charge in [0, 0.05) is 16.8 Å². The molecule has 0 atom stereocenters. The highest BCUT2D eigenvalue weighted by molar-refractivity contribution is 7.92. The van der Waals surface area contributed by atoms with Crippen LogP contribution in [0.3, 0.4) is 0 Å². The molecule has 0 unspecified atom stereocenters. The van der Waals surface area contributed by atoms with Gasteiger partial charge in [-0.15, -0.1) is 0 Å². The van der Waals surface area contributed by atoms with Gasteiger partial charge >= 0.3 is 0 Å². The van der Waals surface area contributed by atoms with Crippen molar-refractivity contribution < 1.29 is 25.8 Å². The molecule has 0 aliphatic heterocycles. The van der Waals surface area contributed by atoms with Crippen LogP contribution < -0.4 is 10.5 Å². The average Bonchev–Trinajstić information content (AvgIpc) is 2.89. The van der Waals surface area contributed by atoms with Crippen molar-refractivity contribution in [2.45, 2.75) is 9.79 Å². The number of anilines is 2. The number of nitrogen functional groups attached to an aromatic ring is 1. The van der Waals surface area contributed by atoms with Gasteiger partial charge in [0.25, 0.3) is 20.1 Å². The molecule has 0 spiro atoms. The van der Waals surface area contributed by atoms with Crippen molar-refractivity contribution in [1.29, 1.82) is 0 Å². The second-order valence-electron chi connectivity index (χ2n) is 8.23. The lowest BCUT2D eigenvalue weighted by atomic mass is 10.0. The summed E-state index contributed by atoms with van der Waals surface area (Å²) < 4.78 is 78.4. The van der Waals surface area contributed by atoms with E-state index >= 15 is 4.39 Å². The van der Waals surface area contributed by atoms with Crippen LogP contribution in [0.2, 0.25) is 0 Å². The van der Waals surface area contributed by atoms with E-state index in [1.807, 2.05) is 0 Å². The Balaban J connectivity index is 1.77. The lowest BCUT2D eigenvalue weighted by Crippen LogP contribution is -2.16. The fourth-order valence-corrected chi connectivity index (χ4v) is 5.61. The third-order valence-electron chi connectivity index (χ3n) is 5.70. The molecule has 0 aliphatic carbocycles. The SMILES string of the molecule is Nc1ccc(S(=O)(=O)Nc2nc3ccc(-c4ccccc4)c(F)c3nc2-c2ccccc2S(=O)(=O)O)cc1. The highest BCUT2D eigenvalue weighted by atomic mass is 32.2. The van der Waals surface area contributed by atoms with E-state index in [1.165, 1.54) is 54.6 Å². The Kier molecular flexibility index (Phi) is 6.31. The van der Waals surface area contributed by atoms with E-state index in [1.54, 1.807) is 30.3 Å². The Morgan fingerprint density at radius 3 is 2.11 bits per heavy atom. The van der Waals surface area contributed by atoms with Gasteiger partial charge in [-0.05, 0) is 48.0 Å². The summed E-state index contributed by atoms with van der Waals surface area (Å²) in [6, 6.07) is 22.3. The maximum Gasteiger partial charge on any atom is 0.295 e. The number of benzene rings is 4. The Morgan fingerprint density at radius 1 is 0.763 bits per heavy atom. The van der Waals surface area contributed by atoms with E-state index in [2.05, 4.69) is 14.7 Å². The van der Waals surface area contributed by atoms with Gasteiger partial charge in [0.15, 0.2) is 11.6 Å². The smallest absolute Gasteiger partial charge is 0.295 e. The zero-order valence-corrected chi connectivity index (χ0v) is 21.0. The number of halogens is 1. The van der Waals surface area contributed by atoms with E-state index < -0.39 is 30.9 Å². The first-order valence-electron chi connectivity index (χ1n) is 11.1. The molecule has 0 saturated heterocycles.